The van der Waals surface area contributed by atoms with Gasteiger partial charge in [0.15, 0.2) is 0 Å². The second-order valence-electron chi connectivity index (χ2n) is 7.55. The molecule has 1 N–H and O–H groups in total. The summed E-state index contributed by atoms with van der Waals surface area (Å²) < 4.78 is 0. The Kier molecular flexibility index (Phi) is 5.70. The van der Waals surface area contributed by atoms with Crippen LogP contribution >= 0.6 is 0 Å². The average molecular weight is 266 g/mol. The van der Waals surface area contributed by atoms with Crippen LogP contribution in [0.15, 0.2) is 0 Å². The van der Waals surface area contributed by atoms with Gasteiger partial charge >= 0.3 is 0 Å². The fraction of sp³-hybridized carbons (Fsp3) is 1.00. The zero-order valence-corrected chi connectivity index (χ0v) is 13.4. The number of hydrogen-bond donors (Lipinski definition) is 1. The summed E-state index contributed by atoms with van der Waals surface area (Å²) in [5.41, 5.74) is 0.584. The monoisotopic (exact) mass is 266 g/mol. The molecule has 0 aromatic heterocycles. The molecule has 2 nitrogen and oxygen atoms in total. The Morgan fingerprint density at radius 1 is 1.16 bits per heavy atom. The summed E-state index contributed by atoms with van der Waals surface area (Å²) in [7, 11) is 0. The Labute approximate surface area is 120 Å². The van der Waals surface area contributed by atoms with Gasteiger partial charge in [0.1, 0.15) is 0 Å². The van der Waals surface area contributed by atoms with Crippen molar-refractivity contribution in [2.75, 3.05) is 26.2 Å². The molecule has 0 radical (unpaired) electrons. The molecule has 0 spiro atoms. The molecule has 1 saturated carbocycles. The maximum absolute atomic E-state index is 3.75. The van der Waals surface area contributed by atoms with E-state index in [0.717, 1.165) is 12.0 Å². The molecule has 2 heteroatoms. The van der Waals surface area contributed by atoms with Crippen molar-refractivity contribution in [3.8, 4) is 0 Å². The number of nitrogens with one attached hydrogen (secondary N) is 1. The number of nitrogens with zero attached hydrogens (tertiary/aromatic N) is 1. The second-order valence-corrected chi connectivity index (χ2v) is 7.55. The summed E-state index contributed by atoms with van der Waals surface area (Å²) in [6.07, 6.45) is 10.1. The highest BCUT2D eigenvalue weighted by Crippen LogP contribution is 2.39. The highest BCUT2D eigenvalue weighted by Gasteiger charge is 2.36. The SMILES string of the molecule is CC(C)CNCC1(CN2CCCCC2C)CCCC1. The minimum Gasteiger partial charge on any atom is -0.316 e. The first-order valence-electron chi connectivity index (χ1n) is 8.56. The summed E-state index contributed by atoms with van der Waals surface area (Å²) in [5, 5.41) is 3.75. The summed E-state index contributed by atoms with van der Waals surface area (Å²) in [6, 6.07) is 0.816. The van der Waals surface area contributed by atoms with E-state index < -0.39 is 0 Å². The molecule has 0 bridgehead atoms. The predicted octanol–water partition coefficient (Wildman–Crippen LogP) is 3.67. The van der Waals surface area contributed by atoms with Crippen molar-refractivity contribution in [3.63, 3.8) is 0 Å². The Balaban J connectivity index is 1.87. The third-order valence-corrected chi connectivity index (χ3v) is 5.20. The molecule has 0 aromatic rings. The smallest absolute Gasteiger partial charge is 0.00671 e. The van der Waals surface area contributed by atoms with Crippen LogP contribution in [0.25, 0.3) is 0 Å². The zero-order valence-electron chi connectivity index (χ0n) is 13.4. The van der Waals surface area contributed by atoms with Crippen molar-refractivity contribution in [1.82, 2.24) is 10.2 Å². The topological polar surface area (TPSA) is 15.3 Å². The molecular weight excluding hydrogens is 232 g/mol. The third kappa shape index (κ3) is 4.46. The van der Waals surface area contributed by atoms with Gasteiger partial charge in [0, 0.05) is 19.1 Å². The maximum Gasteiger partial charge on any atom is 0.00671 e. The van der Waals surface area contributed by atoms with E-state index in [9.17, 15) is 0 Å². The highest BCUT2D eigenvalue weighted by molar-refractivity contribution is 4.91. The van der Waals surface area contributed by atoms with Crippen LogP contribution in [-0.2, 0) is 0 Å². The van der Waals surface area contributed by atoms with E-state index in [0.29, 0.717) is 5.41 Å². The summed E-state index contributed by atoms with van der Waals surface area (Å²) in [4.78, 5) is 2.78. The van der Waals surface area contributed by atoms with Crippen molar-refractivity contribution < 1.29 is 0 Å². The van der Waals surface area contributed by atoms with Gasteiger partial charge in [-0.15, -0.1) is 0 Å². The maximum atomic E-state index is 3.75. The fourth-order valence-corrected chi connectivity index (χ4v) is 3.97. The van der Waals surface area contributed by atoms with Gasteiger partial charge in [0.05, 0.1) is 0 Å². The number of hydrogen-bond acceptors (Lipinski definition) is 2. The van der Waals surface area contributed by atoms with Gasteiger partial charge in [-0.1, -0.05) is 33.1 Å². The molecule has 2 aliphatic rings. The number of likely N-dealkylation sites (tertiary alicyclic amines) is 1. The quantitative estimate of drug-likeness (QED) is 0.789. The van der Waals surface area contributed by atoms with Gasteiger partial charge in [0.25, 0.3) is 0 Å². The van der Waals surface area contributed by atoms with Crippen LogP contribution in [0.3, 0.4) is 0 Å². The number of piperidine rings is 1. The van der Waals surface area contributed by atoms with Crippen molar-refractivity contribution in [2.45, 2.75) is 71.8 Å². The molecule has 2 fully saturated rings. The molecule has 1 unspecified atom stereocenters. The normalized spacial score (nSPS) is 28.1. The Morgan fingerprint density at radius 2 is 1.89 bits per heavy atom. The predicted molar refractivity (Wildman–Crippen MR) is 83.5 cm³/mol. The van der Waals surface area contributed by atoms with E-state index in [2.05, 4.69) is 31.0 Å². The average Bonchev–Trinajstić information content (AvgIpc) is 2.81. The van der Waals surface area contributed by atoms with E-state index in [4.69, 9.17) is 0 Å². The van der Waals surface area contributed by atoms with Crippen LogP contribution in [0.1, 0.15) is 65.7 Å². The molecule has 2 rings (SSSR count). The van der Waals surface area contributed by atoms with Crippen LogP contribution in [-0.4, -0.2) is 37.1 Å². The van der Waals surface area contributed by atoms with E-state index in [1.54, 1.807) is 0 Å². The third-order valence-electron chi connectivity index (χ3n) is 5.20. The molecule has 1 aliphatic carbocycles. The van der Waals surface area contributed by atoms with Gasteiger partial charge in [-0.05, 0) is 57.0 Å². The van der Waals surface area contributed by atoms with Gasteiger partial charge in [-0.25, -0.2) is 0 Å². The molecule has 1 saturated heterocycles. The Bertz CT molecular complexity index is 256. The van der Waals surface area contributed by atoms with E-state index in [1.165, 1.54) is 71.1 Å². The molecule has 112 valence electrons. The second kappa shape index (κ2) is 7.08. The van der Waals surface area contributed by atoms with Gasteiger partial charge in [-0.2, -0.15) is 0 Å². The first-order chi connectivity index (χ1) is 9.11. The van der Waals surface area contributed by atoms with Crippen molar-refractivity contribution in [1.29, 1.82) is 0 Å². The lowest BCUT2D eigenvalue weighted by atomic mass is 9.84. The van der Waals surface area contributed by atoms with Crippen LogP contribution in [0.4, 0.5) is 0 Å². The Morgan fingerprint density at radius 3 is 2.53 bits per heavy atom. The molecular formula is C17H34N2. The number of rotatable bonds is 6. The van der Waals surface area contributed by atoms with Gasteiger partial charge in [-0.3, -0.25) is 0 Å². The molecule has 1 aliphatic heterocycles. The summed E-state index contributed by atoms with van der Waals surface area (Å²) in [5.74, 6) is 0.771. The van der Waals surface area contributed by atoms with E-state index >= 15 is 0 Å². The van der Waals surface area contributed by atoms with Crippen molar-refractivity contribution in [3.05, 3.63) is 0 Å². The van der Waals surface area contributed by atoms with Gasteiger partial charge in [0.2, 0.25) is 0 Å². The lowest BCUT2D eigenvalue weighted by Crippen LogP contribution is -2.48. The minimum absolute atomic E-state index is 0.584. The molecule has 1 heterocycles. The first kappa shape index (κ1) is 15.3. The summed E-state index contributed by atoms with van der Waals surface area (Å²) >= 11 is 0. The Hall–Kier alpha value is -0.0800. The van der Waals surface area contributed by atoms with Crippen molar-refractivity contribution >= 4 is 0 Å². The van der Waals surface area contributed by atoms with Gasteiger partial charge < -0.3 is 10.2 Å². The molecule has 0 amide bonds. The lowest BCUT2D eigenvalue weighted by molar-refractivity contribution is 0.0886. The van der Waals surface area contributed by atoms with E-state index in [1.807, 2.05) is 0 Å². The zero-order chi connectivity index (χ0) is 13.7. The van der Waals surface area contributed by atoms with Crippen LogP contribution < -0.4 is 5.32 Å². The minimum atomic E-state index is 0.584. The standard InChI is InChI=1S/C17H34N2/c1-15(2)12-18-13-17(9-5-6-10-17)14-19-11-7-4-8-16(19)3/h15-16,18H,4-14H2,1-3H3. The molecule has 0 aromatic carbocycles. The highest BCUT2D eigenvalue weighted by atomic mass is 15.2. The van der Waals surface area contributed by atoms with E-state index in [-0.39, 0.29) is 0 Å². The molecule has 1 atom stereocenters. The van der Waals surface area contributed by atoms with Crippen LogP contribution in [0.2, 0.25) is 0 Å². The lowest BCUT2D eigenvalue weighted by Gasteiger charge is -2.41. The molecule has 19 heavy (non-hydrogen) atoms. The largest absolute Gasteiger partial charge is 0.316 e. The van der Waals surface area contributed by atoms with Crippen LogP contribution in [0, 0.1) is 11.3 Å². The fourth-order valence-electron chi connectivity index (χ4n) is 3.97. The summed E-state index contributed by atoms with van der Waals surface area (Å²) in [6.45, 7) is 12.2. The van der Waals surface area contributed by atoms with Crippen LogP contribution in [0.5, 0.6) is 0 Å². The first-order valence-corrected chi connectivity index (χ1v) is 8.56. The van der Waals surface area contributed by atoms with Crippen molar-refractivity contribution in [2.24, 2.45) is 11.3 Å².